The van der Waals surface area contributed by atoms with Gasteiger partial charge in [0.1, 0.15) is 12.4 Å². The van der Waals surface area contributed by atoms with Crippen LogP contribution in [0.3, 0.4) is 0 Å². The number of carboxylic acid groups (broad SMARTS) is 1. The Kier molecular flexibility index (Phi) is 7.03. The second kappa shape index (κ2) is 9.25. The molecular weight excluding hydrogens is 364 g/mol. The first-order valence-corrected chi connectivity index (χ1v) is 9.02. The number of nitrogens with zero attached hydrogens (tertiary/aromatic N) is 1. The van der Waals surface area contributed by atoms with Crippen LogP contribution < -0.4 is 19.9 Å². The zero-order valence-corrected chi connectivity index (χ0v) is 16.7. The molecule has 2 rings (SSSR count). The van der Waals surface area contributed by atoms with Crippen LogP contribution in [0.1, 0.15) is 47.6 Å². The predicted molar refractivity (Wildman–Crippen MR) is 99.0 cm³/mol. The van der Waals surface area contributed by atoms with Gasteiger partial charge in [0.15, 0.2) is 11.5 Å². The van der Waals surface area contributed by atoms with E-state index in [-0.39, 0.29) is 18.1 Å². The van der Waals surface area contributed by atoms with Gasteiger partial charge >= 0.3 is 0 Å². The normalized spacial score (nSPS) is 12.9. The maximum atomic E-state index is 12.5. The van der Waals surface area contributed by atoms with Crippen LogP contribution in [0, 0.1) is 19.8 Å². The van der Waals surface area contributed by atoms with Gasteiger partial charge in [0, 0.05) is 5.56 Å². The van der Waals surface area contributed by atoms with Crippen molar-refractivity contribution in [2.45, 2.75) is 46.8 Å². The summed E-state index contributed by atoms with van der Waals surface area (Å²) in [6.07, 6.45) is 0.594. The Hall–Kier alpha value is -3.03. The van der Waals surface area contributed by atoms with Crippen LogP contribution in [0.5, 0.6) is 11.5 Å². The second-order valence-corrected chi connectivity index (χ2v) is 6.61. The number of benzene rings is 1. The molecule has 28 heavy (non-hydrogen) atoms. The topological polar surface area (TPSA) is 114 Å². The Bertz CT molecular complexity index is 826. The van der Waals surface area contributed by atoms with E-state index in [9.17, 15) is 14.7 Å². The van der Waals surface area contributed by atoms with Gasteiger partial charge in [-0.2, -0.15) is 0 Å². The van der Waals surface area contributed by atoms with Gasteiger partial charge < -0.3 is 29.2 Å². The molecule has 1 amide bonds. The van der Waals surface area contributed by atoms with Gasteiger partial charge in [0.05, 0.1) is 30.4 Å². The molecule has 1 aromatic heterocycles. The number of aryl methyl sites for hydroxylation is 2. The first-order valence-electron chi connectivity index (χ1n) is 9.02. The van der Waals surface area contributed by atoms with E-state index in [1.54, 1.807) is 26.0 Å². The highest BCUT2D eigenvalue weighted by Gasteiger charge is 2.21. The highest BCUT2D eigenvalue weighted by Crippen LogP contribution is 2.29. The molecule has 2 atom stereocenters. The third-order valence-corrected chi connectivity index (χ3v) is 4.73. The fourth-order valence-corrected chi connectivity index (χ4v) is 2.68. The molecule has 0 unspecified atom stereocenters. The van der Waals surface area contributed by atoms with Gasteiger partial charge in [0.2, 0.25) is 0 Å². The fraction of sp³-hybridized carbons (Fsp3) is 0.450. The second-order valence-electron chi connectivity index (χ2n) is 6.61. The lowest BCUT2D eigenvalue weighted by atomic mass is 9.99. The smallest absolute Gasteiger partial charge is 0.251 e. The third-order valence-electron chi connectivity index (χ3n) is 4.73. The average molecular weight is 389 g/mol. The SMILES string of the molecule is CC[C@H](C)[C@H](NC(=O)c1ccc(OCc2c(C)noc2C)c(OC)c1)C(=O)[O-]. The molecule has 0 aliphatic rings. The number of methoxy groups -OCH3 is 1. The number of carboxylic acids is 1. The maximum absolute atomic E-state index is 12.5. The highest BCUT2D eigenvalue weighted by atomic mass is 16.5. The lowest BCUT2D eigenvalue weighted by molar-refractivity contribution is -0.309. The molecule has 8 nitrogen and oxygen atoms in total. The number of carbonyl (C=O) groups excluding carboxylic acids is 2. The molecule has 0 spiro atoms. The van der Waals surface area contributed by atoms with E-state index < -0.39 is 17.9 Å². The number of hydrogen-bond donors (Lipinski definition) is 1. The summed E-state index contributed by atoms with van der Waals surface area (Å²) in [6, 6.07) is 3.58. The van der Waals surface area contributed by atoms with Crippen LogP contribution in [0.2, 0.25) is 0 Å². The van der Waals surface area contributed by atoms with E-state index in [0.29, 0.717) is 23.7 Å². The molecule has 0 aliphatic heterocycles. The van der Waals surface area contributed by atoms with Crippen LogP contribution in [0.15, 0.2) is 22.7 Å². The number of rotatable bonds is 9. The molecule has 1 heterocycles. The Morgan fingerprint density at radius 3 is 2.54 bits per heavy atom. The van der Waals surface area contributed by atoms with E-state index in [0.717, 1.165) is 11.3 Å². The van der Waals surface area contributed by atoms with E-state index >= 15 is 0 Å². The minimum atomic E-state index is -1.31. The van der Waals surface area contributed by atoms with E-state index in [2.05, 4.69) is 10.5 Å². The van der Waals surface area contributed by atoms with Crippen molar-refractivity contribution in [1.29, 1.82) is 0 Å². The maximum Gasteiger partial charge on any atom is 0.251 e. The number of hydrogen-bond acceptors (Lipinski definition) is 7. The molecule has 0 radical (unpaired) electrons. The zero-order valence-electron chi connectivity index (χ0n) is 16.7. The van der Waals surface area contributed by atoms with Gasteiger partial charge in [-0.05, 0) is 38.0 Å². The third kappa shape index (κ3) is 4.82. The molecule has 1 aromatic carbocycles. The summed E-state index contributed by atoms with van der Waals surface area (Å²) in [5.74, 6) is -0.621. The standard InChI is InChI=1S/C20H26N2O6/c1-6-11(2)18(20(24)25)21-19(23)14-7-8-16(17(9-14)26-5)27-10-15-12(3)22-28-13(15)4/h7-9,11,18H,6,10H2,1-5H3,(H,21,23)(H,24,25)/p-1/t11-,18-/m0/s1. The molecule has 0 bridgehead atoms. The van der Waals surface area contributed by atoms with Crippen LogP contribution in [-0.2, 0) is 11.4 Å². The number of ether oxygens (including phenoxy) is 2. The molecule has 1 N–H and O–H groups in total. The Morgan fingerprint density at radius 2 is 2.00 bits per heavy atom. The van der Waals surface area contributed by atoms with Crippen molar-refractivity contribution in [2.75, 3.05) is 7.11 Å². The molecule has 0 saturated carbocycles. The summed E-state index contributed by atoms with van der Waals surface area (Å²) < 4.78 is 16.2. The minimum absolute atomic E-state index is 0.240. The van der Waals surface area contributed by atoms with Gasteiger partial charge in [-0.1, -0.05) is 25.4 Å². The summed E-state index contributed by atoms with van der Waals surface area (Å²) in [5.41, 5.74) is 1.84. The summed E-state index contributed by atoms with van der Waals surface area (Å²) in [4.78, 5) is 23.8. The molecule has 0 aliphatic carbocycles. The Labute approximate surface area is 163 Å². The lowest BCUT2D eigenvalue weighted by Gasteiger charge is -2.25. The molecule has 8 heteroatoms. The first kappa shape index (κ1) is 21.3. The van der Waals surface area contributed by atoms with Crippen molar-refractivity contribution in [1.82, 2.24) is 10.5 Å². The number of nitrogens with one attached hydrogen (secondary N) is 1. The Morgan fingerprint density at radius 1 is 1.29 bits per heavy atom. The molecule has 0 saturated heterocycles. The number of aromatic nitrogens is 1. The minimum Gasteiger partial charge on any atom is -0.548 e. The lowest BCUT2D eigenvalue weighted by Crippen LogP contribution is -2.51. The van der Waals surface area contributed by atoms with Crippen molar-refractivity contribution < 1.29 is 28.7 Å². The van der Waals surface area contributed by atoms with Crippen LogP contribution in [0.4, 0.5) is 0 Å². The van der Waals surface area contributed by atoms with E-state index in [4.69, 9.17) is 14.0 Å². The van der Waals surface area contributed by atoms with Crippen molar-refractivity contribution in [3.63, 3.8) is 0 Å². The van der Waals surface area contributed by atoms with Crippen molar-refractivity contribution in [3.8, 4) is 11.5 Å². The van der Waals surface area contributed by atoms with Crippen LogP contribution >= 0.6 is 0 Å². The van der Waals surface area contributed by atoms with Crippen LogP contribution in [-0.4, -0.2) is 30.2 Å². The monoisotopic (exact) mass is 389 g/mol. The van der Waals surface area contributed by atoms with Crippen LogP contribution in [0.25, 0.3) is 0 Å². The van der Waals surface area contributed by atoms with Gasteiger partial charge in [-0.15, -0.1) is 0 Å². The number of aliphatic carboxylic acids is 1. The summed E-state index contributed by atoms with van der Waals surface area (Å²) in [5, 5.41) is 17.7. The summed E-state index contributed by atoms with van der Waals surface area (Å²) in [6.45, 7) is 7.46. The molecule has 2 aromatic rings. The first-order chi connectivity index (χ1) is 13.3. The van der Waals surface area contributed by atoms with Crippen molar-refractivity contribution in [3.05, 3.63) is 40.8 Å². The number of carbonyl (C=O) groups is 2. The zero-order chi connectivity index (χ0) is 20.8. The van der Waals surface area contributed by atoms with Gasteiger partial charge in [0.25, 0.3) is 5.91 Å². The van der Waals surface area contributed by atoms with Crippen molar-refractivity contribution >= 4 is 11.9 Å². The summed E-state index contributed by atoms with van der Waals surface area (Å²) >= 11 is 0. The Balaban J connectivity index is 2.15. The number of amides is 1. The van der Waals surface area contributed by atoms with Gasteiger partial charge in [-0.25, -0.2) is 0 Å². The average Bonchev–Trinajstić information content (AvgIpc) is 3.00. The van der Waals surface area contributed by atoms with E-state index in [1.807, 2.05) is 13.8 Å². The molecule has 152 valence electrons. The quantitative estimate of drug-likeness (QED) is 0.695. The highest BCUT2D eigenvalue weighted by molar-refractivity contribution is 5.97. The van der Waals surface area contributed by atoms with Crippen molar-refractivity contribution in [2.24, 2.45) is 5.92 Å². The predicted octanol–water partition coefficient (Wildman–Crippen LogP) is 1.77. The fourth-order valence-electron chi connectivity index (χ4n) is 2.68. The van der Waals surface area contributed by atoms with E-state index in [1.165, 1.54) is 13.2 Å². The van der Waals surface area contributed by atoms with Gasteiger partial charge in [-0.3, -0.25) is 4.79 Å². The summed E-state index contributed by atoms with van der Waals surface area (Å²) in [7, 11) is 1.46. The molecular formula is C20H25N2O6-. The molecule has 0 fully saturated rings. The largest absolute Gasteiger partial charge is 0.548 e.